The van der Waals surface area contributed by atoms with E-state index in [-0.39, 0.29) is 6.04 Å². The van der Waals surface area contributed by atoms with Gasteiger partial charge in [-0.05, 0) is 24.6 Å². The standard InChI is InChI=1S/C18H16N4O/c1-13(21-10-9-19-12-21)15-7-8-16-17(11-15)22(23)18(20-16)14-5-3-2-4-6-14/h2-13,23H,1H3. The van der Waals surface area contributed by atoms with Gasteiger partial charge in [0.2, 0.25) is 0 Å². The Kier molecular flexibility index (Phi) is 3.12. The van der Waals surface area contributed by atoms with Gasteiger partial charge in [-0.25, -0.2) is 9.97 Å². The Morgan fingerprint density at radius 1 is 1.09 bits per heavy atom. The van der Waals surface area contributed by atoms with Gasteiger partial charge >= 0.3 is 0 Å². The topological polar surface area (TPSA) is 55.9 Å². The van der Waals surface area contributed by atoms with Crippen molar-refractivity contribution in [3.05, 3.63) is 72.8 Å². The van der Waals surface area contributed by atoms with Crippen LogP contribution in [0.25, 0.3) is 22.4 Å². The molecule has 114 valence electrons. The monoisotopic (exact) mass is 304 g/mol. The highest BCUT2D eigenvalue weighted by Gasteiger charge is 2.14. The maximum Gasteiger partial charge on any atom is 0.176 e. The van der Waals surface area contributed by atoms with Crippen LogP contribution in [0.15, 0.2) is 67.3 Å². The van der Waals surface area contributed by atoms with E-state index in [4.69, 9.17) is 0 Å². The van der Waals surface area contributed by atoms with Crippen molar-refractivity contribution in [2.75, 3.05) is 0 Å². The first-order chi connectivity index (χ1) is 11.2. The number of rotatable bonds is 3. The lowest BCUT2D eigenvalue weighted by atomic mass is 10.1. The Morgan fingerprint density at radius 3 is 2.65 bits per heavy atom. The molecule has 0 aliphatic rings. The van der Waals surface area contributed by atoms with Crippen molar-refractivity contribution in [3.8, 4) is 11.4 Å². The summed E-state index contributed by atoms with van der Waals surface area (Å²) in [7, 11) is 0. The minimum atomic E-state index is 0.136. The lowest BCUT2D eigenvalue weighted by Gasteiger charge is -2.13. The van der Waals surface area contributed by atoms with Crippen LogP contribution in [0.1, 0.15) is 18.5 Å². The van der Waals surface area contributed by atoms with Crippen molar-refractivity contribution >= 4 is 11.0 Å². The van der Waals surface area contributed by atoms with Crippen LogP contribution in [0.5, 0.6) is 0 Å². The molecule has 0 fully saturated rings. The molecule has 0 aliphatic heterocycles. The zero-order valence-corrected chi connectivity index (χ0v) is 12.7. The fourth-order valence-corrected chi connectivity index (χ4v) is 2.78. The van der Waals surface area contributed by atoms with Crippen molar-refractivity contribution in [3.63, 3.8) is 0 Å². The number of aromatic nitrogens is 4. The van der Waals surface area contributed by atoms with Crippen molar-refractivity contribution in [2.45, 2.75) is 13.0 Å². The summed E-state index contributed by atoms with van der Waals surface area (Å²) in [6.45, 7) is 2.10. The number of hydrogen-bond donors (Lipinski definition) is 1. The van der Waals surface area contributed by atoms with E-state index in [1.165, 1.54) is 0 Å². The third-order valence-electron chi connectivity index (χ3n) is 4.14. The molecule has 2 aromatic carbocycles. The first-order valence-corrected chi connectivity index (χ1v) is 7.48. The van der Waals surface area contributed by atoms with E-state index in [9.17, 15) is 5.21 Å². The summed E-state index contributed by atoms with van der Waals surface area (Å²) in [5, 5.41) is 10.5. The zero-order chi connectivity index (χ0) is 15.8. The summed E-state index contributed by atoms with van der Waals surface area (Å²) in [5.41, 5.74) is 3.45. The largest absolute Gasteiger partial charge is 0.426 e. The maximum atomic E-state index is 10.5. The van der Waals surface area contributed by atoms with Gasteiger partial charge in [0.25, 0.3) is 0 Å². The summed E-state index contributed by atoms with van der Waals surface area (Å²) >= 11 is 0. The van der Waals surface area contributed by atoms with E-state index in [1.54, 1.807) is 12.5 Å². The first-order valence-electron chi connectivity index (χ1n) is 7.48. The highest BCUT2D eigenvalue weighted by Crippen LogP contribution is 2.26. The Balaban J connectivity index is 1.82. The van der Waals surface area contributed by atoms with Crippen LogP contribution in [-0.2, 0) is 0 Å². The lowest BCUT2D eigenvalue weighted by Crippen LogP contribution is -2.04. The Morgan fingerprint density at radius 2 is 1.91 bits per heavy atom. The molecule has 2 heterocycles. The quantitative estimate of drug-likeness (QED) is 0.586. The van der Waals surface area contributed by atoms with Crippen LogP contribution in [0.2, 0.25) is 0 Å². The van der Waals surface area contributed by atoms with E-state index in [2.05, 4.69) is 16.9 Å². The fraction of sp³-hybridized carbons (Fsp3) is 0.111. The van der Waals surface area contributed by atoms with Gasteiger partial charge in [0.1, 0.15) is 5.52 Å². The molecule has 0 amide bonds. The average Bonchev–Trinajstić information content (AvgIpc) is 3.23. The summed E-state index contributed by atoms with van der Waals surface area (Å²) in [6, 6.07) is 15.8. The molecule has 0 saturated heterocycles. The Labute approximate surface area is 133 Å². The van der Waals surface area contributed by atoms with E-state index < -0.39 is 0 Å². The van der Waals surface area contributed by atoms with Crippen molar-refractivity contribution in [1.29, 1.82) is 0 Å². The average molecular weight is 304 g/mol. The third-order valence-corrected chi connectivity index (χ3v) is 4.14. The van der Waals surface area contributed by atoms with Gasteiger partial charge in [0.05, 0.1) is 17.9 Å². The molecule has 1 unspecified atom stereocenters. The number of benzene rings is 2. The van der Waals surface area contributed by atoms with Gasteiger partial charge in [-0.3, -0.25) is 0 Å². The van der Waals surface area contributed by atoms with Gasteiger partial charge in [-0.2, -0.15) is 4.73 Å². The van der Waals surface area contributed by atoms with Crippen LogP contribution in [0, 0.1) is 0 Å². The minimum Gasteiger partial charge on any atom is -0.426 e. The molecule has 1 atom stereocenters. The number of nitrogens with zero attached hydrogens (tertiary/aromatic N) is 4. The third kappa shape index (κ3) is 2.26. The number of hydrogen-bond acceptors (Lipinski definition) is 3. The second kappa shape index (κ2) is 5.28. The molecule has 0 spiro atoms. The lowest BCUT2D eigenvalue weighted by molar-refractivity contribution is 0.203. The molecule has 0 bridgehead atoms. The van der Waals surface area contributed by atoms with Crippen molar-refractivity contribution in [2.24, 2.45) is 0 Å². The summed E-state index contributed by atoms with van der Waals surface area (Å²) in [4.78, 5) is 8.63. The van der Waals surface area contributed by atoms with Crippen molar-refractivity contribution < 1.29 is 5.21 Å². The van der Waals surface area contributed by atoms with Crippen LogP contribution in [-0.4, -0.2) is 24.5 Å². The fourth-order valence-electron chi connectivity index (χ4n) is 2.78. The molecule has 4 rings (SSSR count). The molecular formula is C18H16N4O. The van der Waals surface area contributed by atoms with Gasteiger partial charge in [0, 0.05) is 18.0 Å². The molecule has 0 saturated carbocycles. The van der Waals surface area contributed by atoms with Gasteiger partial charge in [-0.15, -0.1) is 0 Å². The summed E-state index contributed by atoms with van der Waals surface area (Å²) < 4.78 is 3.19. The number of imidazole rings is 2. The van der Waals surface area contributed by atoms with Crippen LogP contribution in [0.4, 0.5) is 0 Å². The molecule has 0 radical (unpaired) electrons. The van der Waals surface area contributed by atoms with E-state index in [0.29, 0.717) is 11.3 Å². The highest BCUT2D eigenvalue weighted by molar-refractivity contribution is 5.80. The SMILES string of the molecule is CC(c1ccc2nc(-c3ccccc3)n(O)c2c1)n1ccnc1. The summed E-state index contributed by atoms with van der Waals surface area (Å²) in [5.74, 6) is 0.549. The van der Waals surface area contributed by atoms with Gasteiger partial charge in [0.15, 0.2) is 5.82 Å². The van der Waals surface area contributed by atoms with Crippen LogP contribution < -0.4 is 0 Å². The molecule has 1 N–H and O–H groups in total. The first kappa shape index (κ1) is 13.6. The van der Waals surface area contributed by atoms with Crippen LogP contribution >= 0.6 is 0 Å². The molecule has 23 heavy (non-hydrogen) atoms. The Hall–Kier alpha value is -3.08. The van der Waals surface area contributed by atoms with Gasteiger partial charge < -0.3 is 9.77 Å². The van der Waals surface area contributed by atoms with Gasteiger partial charge in [-0.1, -0.05) is 36.4 Å². The normalized spacial score (nSPS) is 12.6. The minimum absolute atomic E-state index is 0.136. The highest BCUT2D eigenvalue weighted by atomic mass is 16.5. The number of fused-ring (bicyclic) bond motifs is 1. The molecule has 5 nitrogen and oxygen atoms in total. The maximum absolute atomic E-state index is 10.5. The predicted octanol–water partition coefficient (Wildman–Crippen LogP) is 3.75. The van der Waals surface area contributed by atoms with Crippen LogP contribution in [0.3, 0.4) is 0 Å². The molecule has 2 aromatic heterocycles. The second-order valence-electron chi connectivity index (χ2n) is 5.55. The molecule has 5 heteroatoms. The molecule has 4 aromatic rings. The Bertz CT molecular complexity index is 942. The smallest absolute Gasteiger partial charge is 0.176 e. The second-order valence-corrected chi connectivity index (χ2v) is 5.55. The molecule has 0 aliphatic carbocycles. The van der Waals surface area contributed by atoms with E-state index >= 15 is 0 Å². The summed E-state index contributed by atoms with van der Waals surface area (Å²) in [6.07, 6.45) is 5.49. The van der Waals surface area contributed by atoms with Crippen molar-refractivity contribution in [1.82, 2.24) is 19.3 Å². The predicted molar refractivity (Wildman–Crippen MR) is 88.4 cm³/mol. The zero-order valence-electron chi connectivity index (χ0n) is 12.7. The van der Waals surface area contributed by atoms with E-state index in [0.717, 1.165) is 21.4 Å². The van der Waals surface area contributed by atoms with E-state index in [1.807, 2.05) is 59.3 Å². The molecular weight excluding hydrogens is 288 g/mol.